The van der Waals surface area contributed by atoms with Crippen LogP contribution in [-0.4, -0.2) is 45.3 Å². The van der Waals surface area contributed by atoms with Gasteiger partial charge >= 0.3 is 80.9 Å². The van der Waals surface area contributed by atoms with Crippen LogP contribution >= 0.6 is 0 Å². The average Bonchev–Trinajstić information content (AvgIpc) is 3.04. The number of rotatable bonds is 13. The summed E-state index contributed by atoms with van der Waals surface area (Å²) < 4.78 is 27.6. The molecule has 8 heteroatoms. The van der Waals surface area contributed by atoms with E-state index in [1.165, 1.54) is 11.1 Å². The first-order valence-corrected chi connectivity index (χ1v) is 8.99. The van der Waals surface area contributed by atoms with E-state index in [0.717, 1.165) is 43.8 Å². The topological polar surface area (TPSA) is 77.7 Å². The largest absolute Gasteiger partial charge is 1.00 e. The van der Waals surface area contributed by atoms with E-state index in [-0.39, 0.29) is 89.3 Å². The Balaban J connectivity index is -0.000000625. The molecule has 0 aliphatic carbocycles. The van der Waals surface area contributed by atoms with Crippen LogP contribution in [0.3, 0.4) is 0 Å². The fourth-order valence-electron chi connectivity index (χ4n) is 2.53. The molecule has 1 aromatic rings. The number of ether oxygens (including phenoxy) is 5. The molecule has 2 N–H and O–H groups in total. The van der Waals surface area contributed by atoms with Gasteiger partial charge in [0.1, 0.15) is 0 Å². The summed E-state index contributed by atoms with van der Waals surface area (Å²) in [5.41, 5.74) is 2.44. The van der Waals surface area contributed by atoms with Crippen molar-refractivity contribution in [1.29, 1.82) is 0 Å². The maximum absolute atomic E-state index is 5.75. The van der Waals surface area contributed by atoms with Crippen LogP contribution < -0.4 is 90.4 Å². The van der Waals surface area contributed by atoms with Crippen molar-refractivity contribution in [3.8, 4) is 11.5 Å². The summed E-state index contributed by atoms with van der Waals surface area (Å²) in [6, 6.07) is 4.12. The Kier molecular flexibility index (Phi) is 21.8. The van der Waals surface area contributed by atoms with Crippen molar-refractivity contribution < 1.29 is 113 Å². The average molecular weight is 421 g/mol. The van der Waals surface area contributed by atoms with Gasteiger partial charge in [0, 0.05) is 6.61 Å². The Morgan fingerprint density at radius 3 is 2.00 bits per heavy atom. The Morgan fingerprint density at radius 2 is 1.41 bits per heavy atom. The second kappa shape index (κ2) is 19.3. The summed E-state index contributed by atoms with van der Waals surface area (Å²) in [4.78, 5) is 0. The number of fused-ring (bicyclic) bond motifs is 1. The fraction of sp³-hybridized carbons (Fsp3) is 0.684. The number of hydrogen-bond acceptors (Lipinski definition) is 5. The molecule has 1 aliphatic rings. The Bertz CT molecular complexity index is 500. The van der Waals surface area contributed by atoms with Gasteiger partial charge in [0.15, 0.2) is 11.5 Å². The van der Waals surface area contributed by atoms with Crippen LogP contribution in [0.1, 0.15) is 47.1 Å². The number of aryl methyl sites for hydroxylation is 1. The van der Waals surface area contributed by atoms with Crippen molar-refractivity contribution >= 4 is 0 Å². The molecule has 0 bridgehead atoms. The van der Waals surface area contributed by atoms with Gasteiger partial charge in [-0.15, -0.1) is 0 Å². The summed E-state index contributed by atoms with van der Waals surface area (Å²) in [7, 11) is 0. The molecule has 0 aromatic heterocycles. The van der Waals surface area contributed by atoms with E-state index < -0.39 is 0 Å². The van der Waals surface area contributed by atoms with Crippen molar-refractivity contribution in [3.63, 3.8) is 0 Å². The quantitative estimate of drug-likeness (QED) is 0.253. The molecule has 148 valence electrons. The minimum atomic E-state index is 0. The van der Waals surface area contributed by atoms with Crippen molar-refractivity contribution in [1.82, 2.24) is 0 Å². The van der Waals surface area contributed by atoms with Crippen LogP contribution in [0.2, 0.25) is 0 Å². The van der Waals surface area contributed by atoms with Crippen molar-refractivity contribution in [2.45, 2.75) is 46.1 Å². The summed E-state index contributed by atoms with van der Waals surface area (Å²) in [5.74, 6) is 1.66. The van der Waals surface area contributed by atoms with Gasteiger partial charge in [0.25, 0.3) is 0 Å². The molecule has 2 rings (SSSR count). The van der Waals surface area contributed by atoms with Crippen LogP contribution in [0.15, 0.2) is 12.1 Å². The van der Waals surface area contributed by atoms with E-state index in [4.69, 9.17) is 23.7 Å². The van der Waals surface area contributed by atoms with Gasteiger partial charge < -0.3 is 32.0 Å². The third-order valence-electron chi connectivity index (χ3n) is 3.86. The molecule has 0 fully saturated rings. The smallest absolute Gasteiger partial charge is 1.00 e. The molecule has 0 radical (unpaired) electrons. The van der Waals surface area contributed by atoms with Crippen molar-refractivity contribution in [2.24, 2.45) is 0 Å². The molecule has 1 heterocycles. The van der Waals surface area contributed by atoms with Gasteiger partial charge in [-0.25, -0.2) is 0 Å². The second-order valence-electron chi connectivity index (χ2n) is 5.86. The molecule has 0 saturated heterocycles. The predicted molar refractivity (Wildman–Crippen MR) is 98.6 cm³/mol. The van der Waals surface area contributed by atoms with Gasteiger partial charge in [0.2, 0.25) is 6.79 Å². The maximum Gasteiger partial charge on any atom is 1.00 e. The molecule has 0 atom stereocenters. The van der Waals surface area contributed by atoms with Gasteiger partial charge in [-0.2, -0.15) is 0 Å². The summed E-state index contributed by atoms with van der Waals surface area (Å²) in [6.07, 6.45) is 4.38. The third-order valence-corrected chi connectivity index (χ3v) is 3.86. The Morgan fingerprint density at radius 1 is 0.852 bits per heavy atom. The van der Waals surface area contributed by atoms with E-state index in [1.807, 2.05) is 6.07 Å². The van der Waals surface area contributed by atoms with E-state index in [2.05, 4.69) is 19.9 Å². The van der Waals surface area contributed by atoms with E-state index >= 15 is 0 Å². The van der Waals surface area contributed by atoms with Gasteiger partial charge in [-0.1, -0.05) is 26.7 Å². The third kappa shape index (κ3) is 11.9. The fourth-order valence-corrected chi connectivity index (χ4v) is 2.53. The molecule has 0 amide bonds. The zero-order chi connectivity index (χ0) is 17.0. The predicted octanol–water partition coefficient (Wildman–Crippen LogP) is -2.87. The minimum Gasteiger partial charge on any atom is -1.00 e. The molecule has 0 spiro atoms. The first-order chi connectivity index (χ1) is 11.8. The first kappa shape index (κ1) is 30.5. The molecule has 0 saturated carbocycles. The van der Waals surface area contributed by atoms with Crippen molar-refractivity contribution in [2.75, 3.05) is 39.8 Å². The van der Waals surface area contributed by atoms with Crippen LogP contribution in [0.4, 0.5) is 0 Å². The molecule has 1 aromatic carbocycles. The normalized spacial score (nSPS) is 11.3. The molecule has 1 aliphatic heterocycles. The number of unbranched alkanes of at least 4 members (excludes halogenated alkanes) is 1. The van der Waals surface area contributed by atoms with Crippen LogP contribution in [0, 0.1) is 0 Å². The van der Waals surface area contributed by atoms with Crippen LogP contribution in [0.25, 0.3) is 0 Å². The van der Waals surface area contributed by atoms with E-state index in [1.54, 1.807) is 0 Å². The first-order valence-electron chi connectivity index (χ1n) is 8.99. The standard InChI is InChI=1S/C19H30O5.K.Na.H2O.2H/c1-3-5-7-20-8-9-21-10-11-22-14-17-13-19-18(23-15-24-19)12-16(17)6-4-2;;;;;/h12-13H,3-11,14-15H2,1-2H3;;;1H2;;/q;2*+1;;2*-1. The number of hydrogen-bond donors (Lipinski definition) is 0. The van der Waals surface area contributed by atoms with Crippen molar-refractivity contribution in [3.05, 3.63) is 23.3 Å². The van der Waals surface area contributed by atoms with E-state index in [0.29, 0.717) is 39.8 Å². The summed E-state index contributed by atoms with van der Waals surface area (Å²) >= 11 is 0. The zero-order valence-electron chi connectivity index (χ0n) is 19.5. The second-order valence-corrected chi connectivity index (χ2v) is 5.86. The molecule has 6 nitrogen and oxygen atoms in total. The molecule has 27 heavy (non-hydrogen) atoms. The van der Waals surface area contributed by atoms with Crippen LogP contribution in [0.5, 0.6) is 11.5 Å². The monoisotopic (exact) mass is 420 g/mol. The zero-order valence-corrected chi connectivity index (χ0v) is 22.6. The minimum absolute atomic E-state index is 0. The summed E-state index contributed by atoms with van der Waals surface area (Å²) in [5, 5.41) is 0. The molecular weight excluding hydrogens is 386 g/mol. The van der Waals surface area contributed by atoms with Gasteiger partial charge in [0.05, 0.1) is 33.0 Å². The number of benzene rings is 1. The summed E-state index contributed by atoms with van der Waals surface area (Å²) in [6.45, 7) is 8.47. The maximum atomic E-state index is 5.75. The Hall–Kier alpha value is 1.30. The SMILES string of the molecule is CCCCOCCOCCOCc1cc2c(cc1CCC)OCO2.O.[H-].[H-].[K+].[Na+]. The Labute approximate surface area is 231 Å². The van der Waals surface area contributed by atoms with Crippen LogP contribution in [-0.2, 0) is 27.2 Å². The van der Waals surface area contributed by atoms with Gasteiger partial charge in [-0.3, -0.25) is 0 Å². The molecular formula is C19H34KNaO6. The van der Waals surface area contributed by atoms with E-state index in [9.17, 15) is 0 Å². The molecule has 0 unspecified atom stereocenters. The van der Waals surface area contributed by atoms with Gasteiger partial charge in [-0.05, 0) is 36.1 Å².